The number of carbonyl (C=O) groups excluding carboxylic acids is 1. The Morgan fingerprint density at radius 3 is 2.77 bits per heavy atom. The molecular weight excluding hydrogens is 278 g/mol. The number of hydrogen-bond donors (Lipinski definition) is 1. The second-order valence-corrected chi connectivity index (χ2v) is 4.86. The lowest BCUT2D eigenvalue weighted by molar-refractivity contribution is 0.101. The summed E-state index contributed by atoms with van der Waals surface area (Å²) in [6.45, 7) is 2.27. The molecule has 0 bridgehead atoms. The topological polar surface area (TPSA) is 64.0 Å². The predicted octanol–water partition coefficient (Wildman–Crippen LogP) is 2.67. The van der Waals surface area contributed by atoms with Gasteiger partial charge in [0.1, 0.15) is 5.69 Å². The fraction of sp³-hybridized carbons (Fsp3) is 0.118. The number of carbonyl (C=O) groups is 1. The summed E-state index contributed by atoms with van der Waals surface area (Å²) in [5.41, 5.74) is 0.780. The SMILES string of the molecule is CCn1c(C(=O)Nc2cccnc2)cc2ccccc2c1=O. The van der Waals surface area contributed by atoms with E-state index < -0.39 is 0 Å². The van der Waals surface area contributed by atoms with Crippen LogP contribution in [0.2, 0.25) is 0 Å². The Labute approximate surface area is 127 Å². The quantitative estimate of drug-likeness (QED) is 0.807. The molecule has 110 valence electrons. The van der Waals surface area contributed by atoms with Crippen molar-refractivity contribution in [3.8, 4) is 0 Å². The maximum Gasteiger partial charge on any atom is 0.272 e. The van der Waals surface area contributed by atoms with Crippen LogP contribution >= 0.6 is 0 Å². The van der Waals surface area contributed by atoms with E-state index in [9.17, 15) is 9.59 Å². The minimum atomic E-state index is -0.322. The molecule has 1 amide bonds. The Bertz CT molecular complexity index is 885. The highest BCUT2D eigenvalue weighted by molar-refractivity contribution is 6.04. The lowest BCUT2D eigenvalue weighted by atomic mass is 10.1. The molecule has 2 heterocycles. The van der Waals surface area contributed by atoms with E-state index in [-0.39, 0.29) is 11.5 Å². The van der Waals surface area contributed by atoms with Crippen LogP contribution in [-0.2, 0) is 6.54 Å². The number of amides is 1. The van der Waals surface area contributed by atoms with Crippen LogP contribution < -0.4 is 10.9 Å². The Hall–Kier alpha value is -2.95. The molecule has 2 aromatic heterocycles. The Morgan fingerprint density at radius 2 is 2.05 bits per heavy atom. The monoisotopic (exact) mass is 293 g/mol. The molecule has 0 aliphatic heterocycles. The van der Waals surface area contributed by atoms with Gasteiger partial charge in [-0.2, -0.15) is 0 Å². The van der Waals surface area contributed by atoms with Gasteiger partial charge in [-0.05, 0) is 36.6 Å². The van der Waals surface area contributed by atoms with Crippen molar-refractivity contribution in [2.24, 2.45) is 0 Å². The summed E-state index contributed by atoms with van der Waals surface area (Å²) in [6, 6.07) is 12.5. The molecule has 0 aliphatic carbocycles. The van der Waals surface area contributed by atoms with Gasteiger partial charge < -0.3 is 9.88 Å². The number of benzene rings is 1. The lowest BCUT2D eigenvalue weighted by Crippen LogP contribution is -2.28. The minimum Gasteiger partial charge on any atom is -0.319 e. The minimum absolute atomic E-state index is 0.156. The van der Waals surface area contributed by atoms with Gasteiger partial charge in [0.2, 0.25) is 0 Å². The summed E-state index contributed by atoms with van der Waals surface area (Å²) in [5, 5.41) is 4.13. The summed E-state index contributed by atoms with van der Waals surface area (Å²) >= 11 is 0. The number of nitrogens with zero attached hydrogens (tertiary/aromatic N) is 2. The molecule has 0 spiro atoms. The lowest BCUT2D eigenvalue weighted by Gasteiger charge is -2.12. The van der Waals surface area contributed by atoms with Crippen LogP contribution in [0.25, 0.3) is 10.8 Å². The van der Waals surface area contributed by atoms with Gasteiger partial charge in [0, 0.05) is 18.1 Å². The number of anilines is 1. The molecule has 3 rings (SSSR count). The first-order chi connectivity index (χ1) is 10.7. The average Bonchev–Trinajstić information content (AvgIpc) is 2.55. The number of aromatic nitrogens is 2. The van der Waals surface area contributed by atoms with Crippen molar-refractivity contribution in [3.05, 3.63) is 70.9 Å². The molecule has 5 heteroatoms. The second-order valence-electron chi connectivity index (χ2n) is 4.86. The van der Waals surface area contributed by atoms with Crippen molar-refractivity contribution >= 4 is 22.4 Å². The first kappa shape index (κ1) is 14.0. The zero-order chi connectivity index (χ0) is 15.5. The Kier molecular flexibility index (Phi) is 3.70. The van der Waals surface area contributed by atoms with E-state index in [1.54, 1.807) is 36.7 Å². The molecular formula is C17H15N3O2. The fourth-order valence-corrected chi connectivity index (χ4v) is 2.43. The maximum absolute atomic E-state index is 12.5. The third-order valence-electron chi connectivity index (χ3n) is 3.49. The summed E-state index contributed by atoms with van der Waals surface area (Å²) in [5.74, 6) is -0.322. The number of pyridine rings is 2. The van der Waals surface area contributed by atoms with E-state index in [0.29, 0.717) is 23.3 Å². The smallest absolute Gasteiger partial charge is 0.272 e. The average molecular weight is 293 g/mol. The standard InChI is InChI=1S/C17H15N3O2/c1-2-20-15(16(21)19-13-7-5-9-18-11-13)10-12-6-3-4-8-14(12)17(20)22/h3-11H,2H2,1H3,(H,19,21). The number of fused-ring (bicyclic) bond motifs is 1. The molecule has 0 unspecified atom stereocenters. The summed E-state index contributed by atoms with van der Waals surface area (Å²) in [4.78, 5) is 29.0. The van der Waals surface area contributed by atoms with E-state index in [1.165, 1.54) is 4.57 Å². The van der Waals surface area contributed by atoms with E-state index >= 15 is 0 Å². The zero-order valence-electron chi connectivity index (χ0n) is 12.1. The first-order valence-electron chi connectivity index (χ1n) is 7.04. The maximum atomic E-state index is 12.5. The van der Waals surface area contributed by atoms with Crippen molar-refractivity contribution in [1.82, 2.24) is 9.55 Å². The van der Waals surface area contributed by atoms with Gasteiger partial charge in [-0.25, -0.2) is 0 Å². The van der Waals surface area contributed by atoms with Crippen LogP contribution in [0.5, 0.6) is 0 Å². The molecule has 5 nitrogen and oxygen atoms in total. The third kappa shape index (κ3) is 2.48. The summed E-state index contributed by atoms with van der Waals surface area (Å²) < 4.78 is 1.48. The number of nitrogens with one attached hydrogen (secondary N) is 1. The van der Waals surface area contributed by atoms with Crippen molar-refractivity contribution in [3.63, 3.8) is 0 Å². The molecule has 1 N–H and O–H groups in total. The van der Waals surface area contributed by atoms with Gasteiger partial charge >= 0.3 is 0 Å². The number of rotatable bonds is 3. The van der Waals surface area contributed by atoms with Crippen molar-refractivity contribution in [1.29, 1.82) is 0 Å². The predicted molar refractivity (Wildman–Crippen MR) is 86.1 cm³/mol. The van der Waals surface area contributed by atoms with Crippen molar-refractivity contribution in [2.45, 2.75) is 13.5 Å². The summed E-state index contributed by atoms with van der Waals surface area (Å²) in [7, 11) is 0. The first-order valence-corrected chi connectivity index (χ1v) is 7.04. The molecule has 0 saturated heterocycles. The van der Waals surface area contributed by atoms with Gasteiger partial charge in [0.25, 0.3) is 11.5 Å². The van der Waals surface area contributed by atoms with Crippen LogP contribution in [0, 0.1) is 0 Å². The van der Waals surface area contributed by atoms with E-state index in [0.717, 1.165) is 5.39 Å². The molecule has 0 radical (unpaired) electrons. The van der Waals surface area contributed by atoms with Gasteiger partial charge in [-0.3, -0.25) is 14.6 Å². The van der Waals surface area contributed by atoms with Crippen LogP contribution in [0.15, 0.2) is 59.7 Å². The normalized spacial score (nSPS) is 10.6. The highest BCUT2D eigenvalue weighted by atomic mass is 16.2. The fourth-order valence-electron chi connectivity index (χ4n) is 2.43. The second kappa shape index (κ2) is 5.81. The van der Waals surface area contributed by atoms with E-state index in [4.69, 9.17) is 0 Å². The summed E-state index contributed by atoms with van der Waals surface area (Å²) in [6.07, 6.45) is 3.20. The zero-order valence-corrected chi connectivity index (χ0v) is 12.1. The highest BCUT2D eigenvalue weighted by Gasteiger charge is 2.14. The molecule has 0 fully saturated rings. The van der Waals surface area contributed by atoms with Crippen molar-refractivity contribution in [2.75, 3.05) is 5.32 Å². The third-order valence-corrected chi connectivity index (χ3v) is 3.49. The molecule has 0 saturated carbocycles. The van der Waals surface area contributed by atoms with Crippen LogP contribution in [-0.4, -0.2) is 15.5 Å². The van der Waals surface area contributed by atoms with Crippen LogP contribution in [0.3, 0.4) is 0 Å². The molecule has 3 aromatic rings. The van der Waals surface area contributed by atoms with Gasteiger partial charge in [-0.1, -0.05) is 18.2 Å². The molecule has 0 atom stereocenters. The highest BCUT2D eigenvalue weighted by Crippen LogP contribution is 2.14. The Balaban J connectivity index is 2.09. The van der Waals surface area contributed by atoms with Crippen molar-refractivity contribution < 1.29 is 4.79 Å². The van der Waals surface area contributed by atoms with Crippen LogP contribution in [0.1, 0.15) is 17.4 Å². The number of hydrogen-bond acceptors (Lipinski definition) is 3. The largest absolute Gasteiger partial charge is 0.319 e. The van der Waals surface area contributed by atoms with E-state index in [1.807, 2.05) is 25.1 Å². The van der Waals surface area contributed by atoms with Crippen LogP contribution in [0.4, 0.5) is 5.69 Å². The van der Waals surface area contributed by atoms with E-state index in [2.05, 4.69) is 10.3 Å². The molecule has 1 aromatic carbocycles. The van der Waals surface area contributed by atoms with Gasteiger partial charge in [0.15, 0.2) is 0 Å². The molecule has 0 aliphatic rings. The molecule has 22 heavy (non-hydrogen) atoms. The Morgan fingerprint density at radius 1 is 1.23 bits per heavy atom. The van der Waals surface area contributed by atoms with Gasteiger partial charge in [0.05, 0.1) is 11.9 Å². The van der Waals surface area contributed by atoms with Gasteiger partial charge in [-0.15, -0.1) is 0 Å².